The van der Waals surface area contributed by atoms with Gasteiger partial charge in [-0.1, -0.05) is 12.1 Å². The van der Waals surface area contributed by atoms with E-state index < -0.39 is 5.92 Å². The van der Waals surface area contributed by atoms with E-state index in [1.54, 1.807) is 41.3 Å². The van der Waals surface area contributed by atoms with Gasteiger partial charge in [-0.3, -0.25) is 9.59 Å². The average Bonchev–Trinajstić information content (AvgIpc) is 3.05. The summed E-state index contributed by atoms with van der Waals surface area (Å²) in [5, 5.41) is 11.8. The predicted octanol–water partition coefficient (Wildman–Crippen LogP) is 3.34. The van der Waals surface area contributed by atoms with Crippen LogP contribution in [0.2, 0.25) is 0 Å². The molecule has 2 aromatic carbocycles. The Morgan fingerprint density at radius 3 is 2.59 bits per heavy atom. The number of nitriles is 1. The van der Waals surface area contributed by atoms with Gasteiger partial charge in [0.2, 0.25) is 11.8 Å². The molecule has 0 saturated carbocycles. The smallest absolute Gasteiger partial charge is 0.229 e. The zero-order valence-electron chi connectivity index (χ0n) is 15.3. The molecule has 1 aliphatic heterocycles. The van der Waals surface area contributed by atoms with Crippen molar-refractivity contribution in [2.75, 3.05) is 16.8 Å². The van der Waals surface area contributed by atoms with Crippen molar-refractivity contribution in [3.8, 4) is 11.8 Å². The Morgan fingerprint density at radius 1 is 1.22 bits per heavy atom. The summed E-state index contributed by atoms with van der Waals surface area (Å²) in [5.74, 6) is -0.153. The van der Waals surface area contributed by atoms with Gasteiger partial charge in [0.05, 0.1) is 29.3 Å². The molecule has 27 heavy (non-hydrogen) atoms. The molecule has 3 rings (SSSR count). The summed E-state index contributed by atoms with van der Waals surface area (Å²) < 4.78 is 5.72. The Balaban J connectivity index is 1.70. The number of nitrogens with one attached hydrogen (secondary N) is 1. The number of hydrogen-bond donors (Lipinski definition) is 1. The Labute approximate surface area is 158 Å². The molecule has 2 amide bonds. The van der Waals surface area contributed by atoms with E-state index in [1.807, 2.05) is 32.0 Å². The van der Waals surface area contributed by atoms with E-state index in [4.69, 9.17) is 10.00 Å². The molecule has 0 aliphatic carbocycles. The SMILES string of the molecule is CC(C)Oc1ccccc1NC(=O)C1CC(=O)N(c2ccc(C#N)cc2)C1. The minimum Gasteiger partial charge on any atom is -0.489 e. The number of anilines is 2. The van der Waals surface area contributed by atoms with Crippen LogP contribution < -0.4 is 15.0 Å². The van der Waals surface area contributed by atoms with Crippen LogP contribution in [0.4, 0.5) is 11.4 Å². The Morgan fingerprint density at radius 2 is 1.93 bits per heavy atom. The zero-order chi connectivity index (χ0) is 19.4. The van der Waals surface area contributed by atoms with E-state index in [2.05, 4.69) is 5.32 Å². The molecule has 1 unspecified atom stereocenters. The molecule has 0 spiro atoms. The fourth-order valence-corrected chi connectivity index (χ4v) is 3.01. The fraction of sp³-hybridized carbons (Fsp3) is 0.286. The summed E-state index contributed by atoms with van der Waals surface area (Å²) in [6.45, 7) is 4.15. The zero-order valence-corrected chi connectivity index (χ0v) is 15.3. The number of benzene rings is 2. The second-order valence-electron chi connectivity index (χ2n) is 6.72. The third-order valence-electron chi connectivity index (χ3n) is 4.31. The first-order valence-electron chi connectivity index (χ1n) is 8.85. The number of rotatable bonds is 5. The van der Waals surface area contributed by atoms with Gasteiger partial charge >= 0.3 is 0 Å². The molecule has 1 aliphatic rings. The third kappa shape index (κ3) is 4.26. The maximum Gasteiger partial charge on any atom is 0.229 e. The van der Waals surface area contributed by atoms with Crippen LogP contribution in [0, 0.1) is 17.2 Å². The molecule has 2 aromatic rings. The van der Waals surface area contributed by atoms with E-state index in [1.165, 1.54) is 0 Å². The number of nitrogens with zero attached hydrogens (tertiary/aromatic N) is 2. The lowest BCUT2D eigenvalue weighted by Gasteiger charge is -2.18. The molecule has 0 aromatic heterocycles. The maximum atomic E-state index is 12.7. The topological polar surface area (TPSA) is 82.4 Å². The van der Waals surface area contributed by atoms with Gasteiger partial charge < -0.3 is 15.0 Å². The largest absolute Gasteiger partial charge is 0.489 e. The van der Waals surface area contributed by atoms with Gasteiger partial charge in [0.25, 0.3) is 0 Å². The van der Waals surface area contributed by atoms with E-state index in [0.717, 1.165) is 0 Å². The Bertz CT molecular complexity index is 884. The molecule has 1 atom stereocenters. The molecule has 0 bridgehead atoms. The first kappa shape index (κ1) is 18.5. The van der Waals surface area contributed by atoms with Gasteiger partial charge in [-0.25, -0.2) is 0 Å². The van der Waals surface area contributed by atoms with Gasteiger partial charge in [0, 0.05) is 18.7 Å². The van der Waals surface area contributed by atoms with E-state index >= 15 is 0 Å². The molecule has 1 N–H and O–H groups in total. The highest BCUT2D eigenvalue weighted by Crippen LogP contribution is 2.29. The van der Waals surface area contributed by atoms with Crippen LogP contribution in [0.15, 0.2) is 48.5 Å². The summed E-state index contributed by atoms with van der Waals surface area (Å²) in [4.78, 5) is 26.6. The second kappa shape index (κ2) is 7.92. The molecule has 0 radical (unpaired) electrons. The summed E-state index contributed by atoms with van der Waals surface area (Å²) in [6, 6.07) is 16.1. The standard InChI is InChI=1S/C21H21N3O3/c1-14(2)27-19-6-4-3-5-18(19)23-21(26)16-11-20(25)24(13-16)17-9-7-15(12-22)8-10-17/h3-10,14,16H,11,13H2,1-2H3,(H,23,26). The third-order valence-corrected chi connectivity index (χ3v) is 4.31. The Kier molecular flexibility index (Phi) is 5.41. The number of carbonyl (C=O) groups excluding carboxylic acids is 2. The number of carbonyl (C=O) groups is 2. The highest BCUT2D eigenvalue weighted by Gasteiger charge is 2.35. The first-order valence-corrected chi connectivity index (χ1v) is 8.85. The molecule has 1 fully saturated rings. The maximum absolute atomic E-state index is 12.7. The van der Waals surface area contributed by atoms with E-state index in [0.29, 0.717) is 29.2 Å². The Hall–Kier alpha value is -3.33. The van der Waals surface area contributed by atoms with Crippen LogP contribution in [-0.2, 0) is 9.59 Å². The van der Waals surface area contributed by atoms with Crippen molar-refractivity contribution in [2.24, 2.45) is 5.92 Å². The van der Waals surface area contributed by atoms with E-state index in [9.17, 15) is 9.59 Å². The summed E-state index contributed by atoms with van der Waals surface area (Å²) in [5.41, 5.74) is 1.82. The molecule has 1 saturated heterocycles. The monoisotopic (exact) mass is 363 g/mol. The lowest BCUT2D eigenvalue weighted by atomic mass is 10.1. The van der Waals surface area contributed by atoms with Crippen LogP contribution in [0.5, 0.6) is 5.75 Å². The number of ether oxygens (including phenoxy) is 1. The molecule has 6 nitrogen and oxygen atoms in total. The van der Waals surface area contributed by atoms with Gasteiger partial charge in [-0.2, -0.15) is 5.26 Å². The number of amides is 2. The number of para-hydroxylation sites is 2. The highest BCUT2D eigenvalue weighted by atomic mass is 16.5. The van der Waals surface area contributed by atoms with Crippen molar-refractivity contribution in [1.82, 2.24) is 0 Å². The molecule has 6 heteroatoms. The summed E-state index contributed by atoms with van der Waals surface area (Å²) in [7, 11) is 0. The first-order chi connectivity index (χ1) is 13.0. The quantitative estimate of drug-likeness (QED) is 0.883. The second-order valence-corrected chi connectivity index (χ2v) is 6.72. The van der Waals surface area contributed by atoms with Gasteiger partial charge in [0.1, 0.15) is 5.75 Å². The van der Waals surface area contributed by atoms with Crippen molar-refractivity contribution in [2.45, 2.75) is 26.4 Å². The molecule has 1 heterocycles. The molecular formula is C21H21N3O3. The summed E-state index contributed by atoms with van der Waals surface area (Å²) >= 11 is 0. The minimum absolute atomic E-state index is 0.0111. The van der Waals surface area contributed by atoms with Crippen molar-refractivity contribution in [1.29, 1.82) is 5.26 Å². The minimum atomic E-state index is -0.444. The van der Waals surface area contributed by atoms with Crippen molar-refractivity contribution >= 4 is 23.2 Å². The molecular weight excluding hydrogens is 342 g/mol. The summed E-state index contributed by atoms with van der Waals surface area (Å²) in [6.07, 6.45) is 0.141. The van der Waals surface area contributed by atoms with Gasteiger partial charge in [0.15, 0.2) is 0 Å². The van der Waals surface area contributed by atoms with Crippen LogP contribution in [0.3, 0.4) is 0 Å². The van der Waals surface area contributed by atoms with Crippen LogP contribution >= 0.6 is 0 Å². The lowest BCUT2D eigenvalue weighted by molar-refractivity contribution is -0.122. The average molecular weight is 363 g/mol. The molecule has 138 valence electrons. The van der Waals surface area contributed by atoms with Crippen molar-refractivity contribution in [3.05, 3.63) is 54.1 Å². The van der Waals surface area contributed by atoms with E-state index in [-0.39, 0.29) is 24.3 Å². The lowest BCUT2D eigenvalue weighted by Crippen LogP contribution is -2.28. The van der Waals surface area contributed by atoms with Gasteiger partial charge in [-0.15, -0.1) is 0 Å². The van der Waals surface area contributed by atoms with Crippen molar-refractivity contribution in [3.63, 3.8) is 0 Å². The van der Waals surface area contributed by atoms with Crippen LogP contribution in [0.25, 0.3) is 0 Å². The number of hydrogen-bond acceptors (Lipinski definition) is 4. The fourth-order valence-electron chi connectivity index (χ4n) is 3.01. The van der Waals surface area contributed by atoms with Crippen LogP contribution in [-0.4, -0.2) is 24.5 Å². The highest BCUT2D eigenvalue weighted by molar-refractivity contribution is 6.03. The van der Waals surface area contributed by atoms with Gasteiger partial charge in [-0.05, 0) is 50.2 Å². The van der Waals surface area contributed by atoms with Crippen LogP contribution in [0.1, 0.15) is 25.8 Å². The van der Waals surface area contributed by atoms with Crippen molar-refractivity contribution < 1.29 is 14.3 Å². The normalized spacial score (nSPS) is 16.3. The predicted molar refractivity (Wildman–Crippen MR) is 102 cm³/mol.